The molecule has 0 radical (unpaired) electrons. The molecule has 0 spiro atoms. The highest BCUT2D eigenvalue weighted by Crippen LogP contribution is 2.27. The Bertz CT molecular complexity index is 1540. The predicted octanol–water partition coefficient (Wildman–Crippen LogP) is 5.54. The number of benzene rings is 2. The summed E-state index contributed by atoms with van der Waals surface area (Å²) < 4.78 is 1.50. The standard InChI is InChI=1S/C29H27N5O2S/c1-20-23(18-22-12-6-3-7-13-22)28(36)32-29(30-20)34-26(19-24(33-34)25-15-9-17-37-25)31-27(35)16-8-14-21-10-4-2-5-11-21/h2-7,9-13,15,17,19H,8,14,16,18H2,1H3,(H,31,35)(H,30,32,36). The quantitative estimate of drug-likeness (QED) is 0.273. The maximum Gasteiger partial charge on any atom is 0.256 e. The highest BCUT2D eigenvalue weighted by Gasteiger charge is 2.18. The number of thiophene rings is 1. The fourth-order valence-corrected chi connectivity index (χ4v) is 4.86. The van der Waals surface area contributed by atoms with Crippen LogP contribution in [0.25, 0.3) is 16.5 Å². The van der Waals surface area contributed by atoms with Crippen molar-refractivity contribution >= 4 is 23.1 Å². The van der Waals surface area contributed by atoms with Gasteiger partial charge in [-0.2, -0.15) is 9.78 Å². The van der Waals surface area contributed by atoms with Crippen molar-refractivity contribution in [3.8, 4) is 16.5 Å². The smallest absolute Gasteiger partial charge is 0.256 e. The lowest BCUT2D eigenvalue weighted by Gasteiger charge is -2.11. The molecule has 2 aromatic carbocycles. The van der Waals surface area contributed by atoms with Gasteiger partial charge in [0.15, 0.2) is 0 Å². The van der Waals surface area contributed by atoms with Crippen LogP contribution in [0.5, 0.6) is 0 Å². The molecule has 0 atom stereocenters. The molecule has 0 unspecified atom stereocenters. The second kappa shape index (κ2) is 11.2. The van der Waals surface area contributed by atoms with E-state index in [1.54, 1.807) is 11.3 Å². The molecule has 0 aliphatic heterocycles. The summed E-state index contributed by atoms with van der Waals surface area (Å²) in [6, 6.07) is 25.7. The van der Waals surface area contributed by atoms with Gasteiger partial charge in [-0.15, -0.1) is 11.3 Å². The molecule has 7 nitrogen and oxygen atoms in total. The number of aromatic amines is 1. The Morgan fingerprint density at radius 1 is 1.00 bits per heavy atom. The van der Waals surface area contributed by atoms with Crippen molar-refractivity contribution in [3.05, 3.63) is 117 Å². The molecule has 0 bridgehead atoms. The number of amides is 1. The molecule has 0 aliphatic carbocycles. The van der Waals surface area contributed by atoms with Gasteiger partial charge in [-0.05, 0) is 42.3 Å². The van der Waals surface area contributed by atoms with Gasteiger partial charge in [0, 0.05) is 24.5 Å². The number of carbonyl (C=O) groups excluding carboxylic acids is 1. The zero-order valence-electron chi connectivity index (χ0n) is 20.5. The lowest BCUT2D eigenvalue weighted by atomic mass is 10.1. The van der Waals surface area contributed by atoms with Gasteiger partial charge < -0.3 is 5.32 Å². The lowest BCUT2D eigenvalue weighted by molar-refractivity contribution is -0.116. The minimum atomic E-state index is -0.223. The van der Waals surface area contributed by atoms with Crippen LogP contribution in [0.3, 0.4) is 0 Å². The molecule has 8 heteroatoms. The first-order chi connectivity index (χ1) is 18.1. The van der Waals surface area contributed by atoms with Crippen LogP contribution in [0.2, 0.25) is 0 Å². The summed E-state index contributed by atoms with van der Waals surface area (Å²) in [7, 11) is 0. The van der Waals surface area contributed by atoms with E-state index in [0.29, 0.717) is 35.6 Å². The van der Waals surface area contributed by atoms with E-state index in [1.165, 1.54) is 10.2 Å². The third-order valence-electron chi connectivity index (χ3n) is 6.10. The predicted molar refractivity (Wildman–Crippen MR) is 147 cm³/mol. The summed E-state index contributed by atoms with van der Waals surface area (Å²) in [5.41, 5.74) is 3.94. The molecular formula is C29H27N5O2S. The average molecular weight is 510 g/mol. The minimum absolute atomic E-state index is 0.116. The van der Waals surface area contributed by atoms with E-state index in [4.69, 9.17) is 0 Å². The van der Waals surface area contributed by atoms with E-state index in [2.05, 4.69) is 32.5 Å². The van der Waals surface area contributed by atoms with Crippen molar-refractivity contribution in [2.24, 2.45) is 0 Å². The Hall–Kier alpha value is -4.30. The van der Waals surface area contributed by atoms with Crippen LogP contribution in [0.1, 0.15) is 35.2 Å². The molecule has 0 fully saturated rings. The van der Waals surface area contributed by atoms with Crippen molar-refractivity contribution in [2.75, 3.05) is 5.32 Å². The maximum atomic E-state index is 13.1. The van der Waals surface area contributed by atoms with Gasteiger partial charge in [0.25, 0.3) is 5.56 Å². The van der Waals surface area contributed by atoms with Crippen LogP contribution in [0, 0.1) is 6.92 Å². The maximum absolute atomic E-state index is 13.1. The van der Waals surface area contributed by atoms with E-state index in [-0.39, 0.29) is 17.4 Å². The molecular weight excluding hydrogens is 482 g/mol. The van der Waals surface area contributed by atoms with E-state index in [0.717, 1.165) is 23.3 Å². The number of H-pyrrole nitrogens is 1. The second-order valence-corrected chi connectivity index (χ2v) is 9.75. The van der Waals surface area contributed by atoms with E-state index < -0.39 is 0 Å². The van der Waals surface area contributed by atoms with Crippen LogP contribution >= 0.6 is 11.3 Å². The Balaban J connectivity index is 1.40. The molecule has 3 aromatic heterocycles. The number of hydrogen-bond donors (Lipinski definition) is 2. The third kappa shape index (κ3) is 5.92. The molecule has 5 aromatic rings. The average Bonchev–Trinajstić information content (AvgIpc) is 3.58. The monoisotopic (exact) mass is 509 g/mol. The van der Waals surface area contributed by atoms with Crippen LogP contribution in [-0.2, 0) is 17.6 Å². The molecule has 37 heavy (non-hydrogen) atoms. The molecule has 1 amide bonds. The number of nitrogens with zero attached hydrogens (tertiary/aromatic N) is 3. The topological polar surface area (TPSA) is 92.7 Å². The lowest BCUT2D eigenvalue weighted by Crippen LogP contribution is -2.22. The van der Waals surface area contributed by atoms with E-state index in [9.17, 15) is 9.59 Å². The second-order valence-electron chi connectivity index (χ2n) is 8.81. The van der Waals surface area contributed by atoms with Gasteiger partial charge in [0.1, 0.15) is 11.5 Å². The Morgan fingerprint density at radius 2 is 1.73 bits per heavy atom. The van der Waals surface area contributed by atoms with Gasteiger partial charge in [-0.3, -0.25) is 14.6 Å². The molecule has 186 valence electrons. The number of carbonyl (C=O) groups is 1. The van der Waals surface area contributed by atoms with Crippen molar-refractivity contribution in [2.45, 2.75) is 32.6 Å². The number of rotatable bonds is 9. The van der Waals surface area contributed by atoms with Crippen LogP contribution in [0.15, 0.2) is 89.0 Å². The normalized spacial score (nSPS) is 10.9. The fraction of sp³-hybridized carbons (Fsp3) is 0.172. The summed E-state index contributed by atoms with van der Waals surface area (Å²) in [6.45, 7) is 1.82. The van der Waals surface area contributed by atoms with Gasteiger partial charge in [-0.25, -0.2) is 4.98 Å². The van der Waals surface area contributed by atoms with Gasteiger partial charge in [0.05, 0.1) is 10.6 Å². The summed E-state index contributed by atoms with van der Waals surface area (Å²) in [6.07, 6.45) is 2.41. The largest absolute Gasteiger partial charge is 0.310 e. The molecule has 0 aliphatic rings. The van der Waals surface area contributed by atoms with Gasteiger partial charge in [-0.1, -0.05) is 66.7 Å². The Kier molecular flexibility index (Phi) is 7.37. The van der Waals surface area contributed by atoms with Crippen LogP contribution in [-0.4, -0.2) is 25.7 Å². The number of hydrogen-bond acceptors (Lipinski definition) is 5. The first kappa shape index (κ1) is 24.4. The van der Waals surface area contributed by atoms with Crippen molar-refractivity contribution < 1.29 is 4.79 Å². The Labute approximate surface area is 218 Å². The van der Waals surface area contributed by atoms with Crippen molar-refractivity contribution in [1.82, 2.24) is 19.7 Å². The number of aromatic nitrogens is 4. The summed E-state index contributed by atoms with van der Waals surface area (Å²) in [5, 5.41) is 9.63. The first-order valence-corrected chi connectivity index (χ1v) is 13.1. The van der Waals surface area contributed by atoms with Gasteiger partial charge in [0.2, 0.25) is 11.9 Å². The van der Waals surface area contributed by atoms with E-state index >= 15 is 0 Å². The first-order valence-electron chi connectivity index (χ1n) is 12.2. The van der Waals surface area contributed by atoms with Crippen molar-refractivity contribution in [3.63, 3.8) is 0 Å². The fourth-order valence-electron chi connectivity index (χ4n) is 4.18. The summed E-state index contributed by atoms with van der Waals surface area (Å²) >= 11 is 1.55. The van der Waals surface area contributed by atoms with Gasteiger partial charge >= 0.3 is 0 Å². The molecule has 5 rings (SSSR count). The highest BCUT2D eigenvalue weighted by molar-refractivity contribution is 7.13. The molecule has 0 saturated carbocycles. The molecule has 3 heterocycles. The minimum Gasteiger partial charge on any atom is -0.310 e. The summed E-state index contributed by atoms with van der Waals surface area (Å²) in [4.78, 5) is 34.4. The third-order valence-corrected chi connectivity index (χ3v) is 6.99. The Morgan fingerprint density at radius 3 is 2.41 bits per heavy atom. The van der Waals surface area contributed by atoms with E-state index in [1.807, 2.05) is 79.0 Å². The number of anilines is 1. The van der Waals surface area contributed by atoms with Crippen LogP contribution < -0.4 is 10.9 Å². The zero-order chi connectivity index (χ0) is 25.6. The number of aryl methyl sites for hydroxylation is 2. The molecule has 2 N–H and O–H groups in total. The van der Waals surface area contributed by atoms with Crippen molar-refractivity contribution in [1.29, 1.82) is 0 Å². The SMILES string of the molecule is Cc1nc(-n2nc(-c3cccs3)cc2NC(=O)CCCc2ccccc2)[nH]c(=O)c1Cc1ccccc1. The highest BCUT2D eigenvalue weighted by atomic mass is 32.1. The summed E-state index contributed by atoms with van der Waals surface area (Å²) in [5.74, 6) is 0.614. The number of nitrogens with one attached hydrogen (secondary N) is 2. The molecule has 0 saturated heterocycles. The zero-order valence-corrected chi connectivity index (χ0v) is 21.3. The van der Waals surface area contributed by atoms with Crippen LogP contribution in [0.4, 0.5) is 5.82 Å².